The highest BCUT2D eigenvalue weighted by Gasteiger charge is 2.18. The van der Waals surface area contributed by atoms with Gasteiger partial charge in [-0.1, -0.05) is 53.5 Å². The molecule has 2 aromatic rings. The Bertz CT molecular complexity index is 599. The fraction of sp³-hybridized carbons (Fsp3) is 0.250. The molecule has 1 atom stereocenters. The molecule has 2 rings (SSSR count). The van der Waals surface area contributed by atoms with Gasteiger partial charge in [-0.3, -0.25) is 0 Å². The van der Waals surface area contributed by atoms with Gasteiger partial charge in [-0.25, -0.2) is 0 Å². The highest BCUT2D eigenvalue weighted by Crippen LogP contribution is 2.35. The summed E-state index contributed by atoms with van der Waals surface area (Å²) < 4.78 is 5.80. The Morgan fingerprint density at radius 1 is 0.950 bits per heavy atom. The van der Waals surface area contributed by atoms with E-state index in [1.165, 1.54) is 0 Å². The van der Waals surface area contributed by atoms with E-state index in [2.05, 4.69) is 0 Å². The van der Waals surface area contributed by atoms with Crippen LogP contribution < -0.4 is 10.5 Å². The molecule has 0 aliphatic rings. The van der Waals surface area contributed by atoms with Crippen LogP contribution in [-0.2, 0) is 0 Å². The molecule has 20 heavy (non-hydrogen) atoms. The number of hydrogen-bond donors (Lipinski definition) is 1. The zero-order valence-electron chi connectivity index (χ0n) is 11.4. The number of nitrogens with two attached hydrogens (primary N) is 1. The minimum Gasteiger partial charge on any atom is -0.491 e. The van der Waals surface area contributed by atoms with Crippen molar-refractivity contribution < 1.29 is 4.74 Å². The molecule has 4 heteroatoms. The van der Waals surface area contributed by atoms with E-state index in [-0.39, 0.29) is 12.1 Å². The molecule has 0 saturated carbocycles. The molecule has 2 aromatic carbocycles. The molecule has 1 unspecified atom stereocenters. The number of halogens is 2. The first-order valence-electron chi connectivity index (χ1n) is 6.45. The Labute approximate surface area is 129 Å². The van der Waals surface area contributed by atoms with Crippen molar-refractivity contribution in [1.82, 2.24) is 0 Å². The van der Waals surface area contributed by atoms with E-state index in [9.17, 15) is 0 Å². The smallest absolute Gasteiger partial charge is 0.124 e. The van der Waals surface area contributed by atoms with Crippen LogP contribution >= 0.6 is 23.2 Å². The van der Waals surface area contributed by atoms with E-state index in [0.717, 1.165) is 16.9 Å². The van der Waals surface area contributed by atoms with E-state index >= 15 is 0 Å². The fourth-order valence-corrected chi connectivity index (χ4v) is 2.45. The Morgan fingerprint density at radius 2 is 1.60 bits per heavy atom. The number of benzene rings is 2. The molecule has 0 amide bonds. The summed E-state index contributed by atoms with van der Waals surface area (Å²) in [6.07, 6.45) is 0.0817. The molecular formula is C16H17Cl2NO. The molecular weight excluding hydrogens is 293 g/mol. The molecule has 0 heterocycles. The van der Waals surface area contributed by atoms with Crippen LogP contribution in [0.4, 0.5) is 0 Å². The third-order valence-corrected chi connectivity index (χ3v) is 3.77. The van der Waals surface area contributed by atoms with Crippen molar-refractivity contribution in [2.24, 2.45) is 5.73 Å². The minimum atomic E-state index is -0.379. The second kappa shape index (κ2) is 6.49. The van der Waals surface area contributed by atoms with Crippen LogP contribution in [0.3, 0.4) is 0 Å². The van der Waals surface area contributed by atoms with Gasteiger partial charge in [0.15, 0.2) is 0 Å². The molecule has 2 N–H and O–H groups in total. The standard InChI is InChI=1S/C16H17Cl2NO/c1-10(2)20-14-9-4-3-6-11(14)16(19)12-7-5-8-13(17)15(12)18/h3-10,16H,19H2,1-2H3. The lowest BCUT2D eigenvalue weighted by atomic mass is 9.98. The molecule has 0 saturated heterocycles. The van der Waals surface area contributed by atoms with E-state index in [1.807, 2.05) is 50.2 Å². The summed E-state index contributed by atoms with van der Waals surface area (Å²) in [4.78, 5) is 0. The predicted molar refractivity (Wildman–Crippen MR) is 84.7 cm³/mol. The first kappa shape index (κ1) is 15.2. The van der Waals surface area contributed by atoms with Crippen molar-refractivity contribution in [2.45, 2.75) is 26.0 Å². The summed E-state index contributed by atoms with van der Waals surface area (Å²) in [5, 5.41) is 0.989. The molecule has 0 bridgehead atoms. The summed E-state index contributed by atoms with van der Waals surface area (Å²) in [5.41, 5.74) is 8.02. The molecule has 2 nitrogen and oxygen atoms in total. The molecule has 0 spiro atoms. The Balaban J connectivity index is 2.43. The monoisotopic (exact) mass is 309 g/mol. The number of ether oxygens (including phenoxy) is 1. The van der Waals surface area contributed by atoms with Gasteiger partial charge in [0.1, 0.15) is 5.75 Å². The SMILES string of the molecule is CC(C)Oc1ccccc1C(N)c1cccc(Cl)c1Cl. The van der Waals surface area contributed by atoms with Gasteiger partial charge in [-0.2, -0.15) is 0 Å². The van der Waals surface area contributed by atoms with Gasteiger partial charge in [0.2, 0.25) is 0 Å². The van der Waals surface area contributed by atoms with Crippen molar-refractivity contribution in [2.75, 3.05) is 0 Å². The van der Waals surface area contributed by atoms with Crippen LogP contribution in [0, 0.1) is 0 Å². The van der Waals surface area contributed by atoms with E-state index < -0.39 is 0 Å². The summed E-state index contributed by atoms with van der Waals surface area (Å²) >= 11 is 12.3. The van der Waals surface area contributed by atoms with Crippen molar-refractivity contribution in [3.05, 3.63) is 63.6 Å². The quantitative estimate of drug-likeness (QED) is 0.878. The van der Waals surface area contributed by atoms with Gasteiger partial charge in [0.05, 0.1) is 22.2 Å². The largest absolute Gasteiger partial charge is 0.491 e. The van der Waals surface area contributed by atoms with E-state index in [0.29, 0.717) is 10.0 Å². The minimum absolute atomic E-state index is 0.0817. The molecule has 0 aliphatic carbocycles. The third kappa shape index (κ3) is 3.26. The van der Waals surface area contributed by atoms with Crippen LogP contribution in [0.5, 0.6) is 5.75 Å². The topological polar surface area (TPSA) is 35.2 Å². The van der Waals surface area contributed by atoms with Crippen LogP contribution in [0.15, 0.2) is 42.5 Å². The Hall–Kier alpha value is -1.22. The van der Waals surface area contributed by atoms with Gasteiger partial charge in [-0.15, -0.1) is 0 Å². The second-order valence-electron chi connectivity index (χ2n) is 4.83. The lowest BCUT2D eigenvalue weighted by molar-refractivity contribution is 0.239. The van der Waals surface area contributed by atoms with Crippen LogP contribution in [0.1, 0.15) is 31.0 Å². The summed E-state index contributed by atoms with van der Waals surface area (Å²) in [5.74, 6) is 0.769. The van der Waals surface area contributed by atoms with Gasteiger partial charge in [-0.05, 0) is 31.5 Å². The summed E-state index contributed by atoms with van der Waals surface area (Å²) in [6.45, 7) is 3.96. The van der Waals surface area contributed by atoms with Crippen molar-refractivity contribution in [3.8, 4) is 5.75 Å². The average Bonchev–Trinajstić information content (AvgIpc) is 2.41. The first-order chi connectivity index (χ1) is 9.50. The normalized spacial score (nSPS) is 12.5. The van der Waals surface area contributed by atoms with Gasteiger partial charge in [0.25, 0.3) is 0 Å². The van der Waals surface area contributed by atoms with Crippen LogP contribution in [0.2, 0.25) is 10.0 Å². The maximum absolute atomic E-state index is 6.34. The Kier molecular flexibility index (Phi) is 4.92. The summed E-state index contributed by atoms with van der Waals surface area (Å²) in [7, 11) is 0. The molecule has 0 fully saturated rings. The molecule has 106 valence electrons. The van der Waals surface area contributed by atoms with E-state index in [1.54, 1.807) is 6.07 Å². The number of hydrogen-bond acceptors (Lipinski definition) is 2. The number of para-hydroxylation sites is 1. The van der Waals surface area contributed by atoms with Crippen LogP contribution in [0.25, 0.3) is 0 Å². The lowest BCUT2D eigenvalue weighted by Crippen LogP contribution is -2.16. The van der Waals surface area contributed by atoms with Gasteiger partial charge < -0.3 is 10.5 Å². The van der Waals surface area contributed by atoms with Crippen molar-refractivity contribution in [1.29, 1.82) is 0 Å². The summed E-state index contributed by atoms with van der Waals surface area (Å²) in [6, 6.07) is 12.8. The third-order valence-electron chi connectivity index (χ3n) is 2.93. The maximum Gasteiger partial charge on any atom is 0.124 e. The average molecular weight is 310 g/mol. The van der Waals surface area contributed by atoms with Gasteiger partial charge >= 0.3 is 0 Å². The highest BCUT2D eigenvalue weighted by atomic mass is 35.5. The first-order valence-corrected chi connectivity index (χ1v) is 7.21. The Morgan fingerprint density at radius 3 is 2.30 bits per heavy atom. The lowest BCUT2D eigenvalue weighted by Gasteiger charge is -2.20. The highest BCUT2D eigenvalue weighted by molar-refractivity contribution is 6.42. The number of rotatable bonds is 4. The van der Waals surface area contributed by atoms with Crippen molar-refractivity contribution in [3.63, 3.8) is 0 Å². The maximum atomic E-state index is 6.34. The molecule has 0 radical (unpaired) electrons. The van der Waals surface area contributed by atoms with Crippen molar-refractivity contribution >= 4 is 23.2 Å². The van der Waals surface area contributed by atoms with Gasteiger partial charge in [0, 0.05) is 5.56 Å². The second-order valence-corrected chi connectivity index (χ2v) is 5.61. The predicted octanol–water partition coefficient (Wildman–Crippen LogP) is 4.83. The van der Waals surface area contributed by atoms with E-state index in [4.69, 9.17) is 33.7 Å². The van der Waals surface area contributed by atoms with Crippen LogP contribution in [-0.4, -0.2) is 6.10 Å². The molecule has 0 aromatic heterocycles. The zero-order chi connectivity index (χ0) is 14.7. The zero-order valence-corrected chi connectivity index (χ0v) is 12.9. The fourth-order valence-electron chi connectivity index (χ4n) is 2.03. The molecule has 0 aliphatic heterocycles.